The third-order valence-corrected chi connectivity index (χ3v) is 3.78. The van der Waals surface area contributed by atoms with E-state index in [4.69, 9.17) is 4.74 Å². The lowest BCUT2D eigenvalue weighted by molar-refractivity contribution is 0.193. The van der Waals surface area contributed by atoms with Gasteiger partial charge in [0.05, 0.1) is 6.61 Å². The first-order valence-electron chi connectivity index (χ1n) is 5.64. The fraction of sp³-hybridized carbons (Fsp3) is 0.727. The van der Waals surface area contributed by atoms with Crippen LogP contribution in [0.5, 0.6) is 0 Å². The van der Waals surface area contributed by atoms with Gasteiger partial charge in [-0.15, -0.1) is 0 Å². The molecule has 0 amide bonds. The molecule has 1 aromatic heterocycles. The predicted molar refractivity (Wildman–Crippen MR) is 65.8 cm³/mol. The fourth-order valence-electron chi connectivity index (χ4n) is 2.19. The van der Waals surface area contributed by atoms with Crippen molar-refractivity contribution in [1.29, 1.82) is 0 Å². The zero-order chi connectivity index (χ0) is 10.3. The standard InChI is InChI=1S/C11H15IN2O/c12-11-5-10(9-3-4-15-7-9)14(13-11)6-8-1-2-8/h5,8-9H,1-4,6-7H2. The maximum Gasteiger partial charge on any atom is 0.123 e. The number of rotatable bonds is 3. The quantitative estimate of drug-likeness (QED) is 0.800. The number of hydrogen-bond donors (Lipinski definition) is 0. The predicted octanol–water partition coefficient (Wildman–Crippen LogP) is 2.40. The van der Waals surface area contributed by atoms with Gasteiger partial charge in [-0.05, 0) is 53.8 Å². The van der Waals surface area contributed by atoms with Gasteiger partial charge in [0, 0.05) is 24.8 Å². The molecule has 0 bridgehead atoms. The lowest BCUT2D eigenvalue weighted by Gasteiger charge is -2.10. The van der Waals surface area contributed by atoms with Gasteiger partial charge in [-0.2, -0.15) is 5.10 Å². The second kappa shape index (κ2) is 4.05. The fourth-order valence-corrected chi connectivity index (χ4v) is 2.77. The van der Waals surface area contributed by atoms with E-state index < -0.39 is 0 Å². The summed E-state index contributed by atoms with van der Waals surface area (Å²) in [4.78, 5) is 0. The Bertz CT molecular complexity index is 353. The summed E-state index contributed by atoms with van der Waals surface area (Å²) >= 11 is 2.31. The van der Waals surface area contributed by atoms with E-state index in [0.29, 0.717) is 5.92 Å². The highest BCUT2D eigenvalue weighted by atomic mass is 127. The summed E-state index contributed by atoms with van der Waals surface area (Å²) in [6.07, 6.45) is 3.93. The Kier molecular flexibility index (Phi) is 2.72. The van der Waals surface area contributed by atoms with Crippen LogP contribution in [0, 0.1) is 9.62 Å². The van der Waals surface area contributed by atoms with Crippen molar-refractivity contribution in [3.05, 3.63) is 15.5 Å². The molecule has 2 aliphatic rings. The van der Waals surface area contributed by atoms with E-state index in [-0.39, 0.29) is 0 Å². The first-order valence-corrected chi connectivity index (χ1v) is 6.72. The van der Waals surface area contributed by atoms with E-state index in [2.05, 4.69) is 38.4 Å². The molecular formula is C11H15IN2O. The molecule has 15 heavy (non-hydrogen) atoms. The maximum atomic E-state index is 5.45. The highest BCUT2D eigenvalue weighted by molar-refractivity contribution is 14.1. The van der Waals surface area contributed by atoms with Crippen LogP contribution in [-0.4, -0.2) is 23.0 Å². The monoisotopic (exact) mass is 318 g/mol. The van der Waals surface area contributed by atoms with Gasteiger partial charge in [0.1, 0.15) is 3.70 Å². The third kappa shape index (κ3) is 2.20. The third-order valence-electron chi connectivity index (χ3n) is 3.26. The smallest absolute Gasteiger partial charge is 0.123 e. The van der Waals surface area contributed by atoms with Crippen LogP contribution in [0.4, 0.5) is 0 Å². The molecule has 0 N–H and O–H groups in total. The lowest BCUT2D eigenvalue weighted by atomic mass is 10.1. The van der Waals surface area contributed by atoms with E-state index in [1.807, 2.05) is 0 Å². The second-order valence-corrected chi connectivity index (χ2v) is 5.68. The minimum atomic E-state index is 0.583. The second-order valence-electron chi connectivity index (χ2n) is 4.58. The zero-order valence-electron chi connectivity index (χ0n) is 8.66. The Morgan fingerprint density at radius 2 is 2.33 bits per heavy atom. The maximum absolute atomic E-state index is 5.45. The van der Waals surface area contributed by atoms with Crippen LogP contribution in [0.3, 0.4) is 0 Å². The van der Waals surface area contributed by atoms with Crippen LogP contribution in [0.25, 0.3) is 0 Å². The molecule has 1 aliphatic heterocycles. The van der Waals surface area contributed by atoms with Gasteiger partial charge in [0.25, 0.3) is 0 Å². The van der Waals surface area contributed by atoms with Crippen molar-refractivity contribution in [3.63, 3.8) is 0 Å². The van der Waals surface area contributed by atoms with Crippen molar-refractivity contribution in [3.8, 4) is 0 Å². The van der Waals surface area contributed by atoms with Gasteiger partial charge < -0.3 is 4.74 Å². The van der Waals surface area contributed by atoms with Crippen LogP contribution in [0.1, 0.15) is 30.9 Å². The molecule has 1 saturated carbocycles. The van der Waals surface area contributed by atoms with Crippen LogP contribution < -0.4 is 0 Å². The van der Waals surface area contributed by atoms with E-state index in [1.165, 1.54) is 18.5 Å². The summed E-state index contributed by atoms with van der Waals surface area (Å²) in [7, 11) is 0. The molecule has 2 fully saturated rings. The normalized spacial score (nSPS) is 26.1. The van der Waals surface area contributed by atoms with Crippen molar-refractivity contribution >= 4 is 22.6 Å². The molecule has 0 radical (unpaired) electrons. The minimum absolute atomic E-state index is 0.583. The number of aromatic nitrogens is 2. The number of nitrogens with zero attached hydrogens (tertiary/aromatic N) is 2. The van der Waals surface area contributed by atoms with Gasteiger partial charge in [0.2, 0.25) is 0 Å². The highest BCUT2D eigenvalue weighted by Gasteiger charge is 2.27. The van der Waals surface area contributed by atoms with E-state index in [0.717, 1.165) is 35.8 Å². The molecule has 2 heterocycles. The summed E-state index contributed by atoms with van der Waals surface area (Å²) in [6.45, 7) is 2.91. The Morgan fingerprint density at radius 3 is 3.00 bits per heavy atom. The summed E-state index contributed by atoms with van der Waals surface area (Å²) in [5, 5.41) is 4.58. The summed E-state index contributed by atoms with van der Waals surface area (Å²) in [5.74, 6) is 1.47. The van der Waals surface area contributed by atoms with Gasteiger partial charge in [0.15, 0.2) is 0 Å². The molecule has 0 aromatic carbocycles. The van der Waals surface area contributed by atoms with Crippen molar-refractivity contribution in [2.45, 2.75) is 31.7 Å². The number of hydrogen-bond acceptors (Lipinski definition) is 2. The van der Waals surface area contributed by atoms with E-state index in [1.54, 1.807) is 0 Å². The molecule has 1 aromatic rings. The molecule has 1 saturated heterocycles. The highest BCUT2D eigenvalue weighted by Crippen LogP contribution is 2.33. The average molecular weight is 318 g/mol. The molecule has 0 spiro atoms. The van der Waals surface area contributed by atoms with E-state index in [9.17, 15) is 0 Å². The Hall–Kier alpha value is -0.100. The van der Waals surface area contributed by atoms with Crippen LogP contribution in [-0.2, 0) is 11.3 Å². The van der Waals surface area contributed by atoms with Gasteiger partial charge in [-0.25, -0.2) is 0 Å². The Labute approximate surface area is 103 Å². The largest absolute Gasteiger partial charge is 0.381 e. The molecule has 3 rings (SSSR count). The SMILES string of the molecule is Ic1cc(C2CCOC2)n(CC2CC2)n1. The van der Waals surface area contributed by atoms with Crippen molar-refractivity contribution in [1.82, 2.24) is 9.78 Å². The van der Waals surface area contributed by atoms with Crippen LogP contribution in [0.15, 0.2) is 6.07 Å². The van der Waals surface area contributed by atoms with Gasteiger partial charge in [-0.1, -0.05) is 0 Å². The molecule has 4 heteroatoms. The topological polar surface area (TPSA) is 27.1 Å². The molecule has 1 atom stereocenters. The zero-order valence-corrected chi connectivity index (χ0v) is 10.8. The van der Waals surface area contributed by atoms with Crippen molar-refractivity contribution < 1.29 is 4.74 Å². The summed E-state index contributed by atoms with van der Waals surface area (Å²) in [6, 6.07) is 2.22. The number of ether oxygens (including phenoxy) is 1. The minimum Gasteiger partial charge on any atom is -0.381 e. The summed E-state index contributed by atoms with van der Waals surface area (Å²) in [5.41, 5.74) is 1.39. The average Bonchev–Trinajstić information content (AvgIpc) is 2.75. The van der Waals surface area contributed by atoms with Crippen molar-refractivity contribution in [2.24, 2.45) is 5.92 Å². The van der Waals surface area contributed by atoms with Crippen LogP contribution in [0.2, 0.25) is 0 Å². The number of halogens is 1. The first kappa shape index (κ1) is 10.1. The molecule has 82 valence electrons. The molecule has 3 nitrogen and oxygen atoms in total. The molecule has 1 unspecified atom stereocenters. The van der Waals surface area contributed by atoms with Gasteiger partial charge in [-0.3, -0.25) is 4.68 Å². The van der Waals surface area contributed by atoms with Crippen molar-refractivity contribution in [2.75, 3.05) is 13.2 Å². The van der Waals surface area contributed by atoms with E-state index >= 15 is 0 Å². The molecular weight excluding hydrogens is 303 g/mol. The molecule has 1 aliphatic carbocycles. The first-order chi connectivity index (χ1) is 7.33. The van der Waals surface area contributed by atoms with Crippen LogP contribution >= 0.6 is 22.6 Å². The Morgan fingerprint density at radius 1 is 1.47 bits per heavy atom. The Balaban J connectivity index is 1.83. The lowest BCUT2D eigenvalue weighted by Crippen LogP contribution is -2.10. The summed E-state index contributed by atoms with van der Waals surface area (Å²) < 4.78 is 8.79. The van der Waals surface area contributed by atoms with Gasteiger partial charge >= 0.3 is 0 Å².